The first-order chi connectivity index (χ1) is 12.4. The zero-order valence-electron chi connectivity index (χ0n) is 14.6. The number of rotatable bonds is 4. The van der Waals surface area contributed by atoms with Gasteiger partial charge in [0.05, 0.1) is 11.1 Å². The number of ketones is 2. The average molecular weight is 345 g/mol. The van der Waals surface area contributed by atoms with E-state index in [9.17, 15) is 14.7 Å². The van der Waals surface area contributed by atoms with Crippen molar-refractivity contribution >= 4 is 17.3 Å². The van der Waals surface area contributed by atoms with Gasteiger partial charge in [-0.3, -0.25) is 9.59 Å². The van der Waals surface area contributed by atoms with Crippen molar-refractivity contribution in [1.29, 1.82) is 0 Å². The molecule has 0 unspecified atom stereocenters. The van der Waals surface area contributed by atoms with Gasteiger partial charge in [-0.25, -0.2) is 0 Å². The van der Waals surface area contributed by atoms with Crippen molar-refractivity contribution in [3.05, 3.63) is 82.9 Å². The van der Waals surface area contributed by atoms with E-state index in [1.807, 2.05) is 30.3 Å². The van der Waals surface area contributed by atoms with Gasteiger partial charge in [-0.15, -0.1) is 0 Å². The summed E-state index contributed by atoms with van der Waals surface area (Å²) in [5.41, 5.74) is 8.83. The van der Waals surface area contributed by atoms with Crippen LogP contribution in [-0.4, -0.2) is 16.7 Å². The summed E-state index contributed by atoms with van der Waals surface area (Å²) in [7, 11) is 0. The Morgan fingerprint density at radius 2 is 1.42 bits per heavy atom. The van der Waals surface area contributed by atoms with E-state index in [2.05, 4.69) is 0 Å². The van der Waals surface area contributed by atoms with E-state index in [4.69, 9.17) is 5.73 Å². The first-order valence-electron chi connectivity index (χ1n) is 8.24. The maximum atomic E-state index is 12.9. The summed E-state index contributed by atoms with van der Waals surface area (Å²) in [6.45, 7) is 3.04. The maximum Gasteiger partial charge on any atom is 0.197 e. The summed E-state index contributed by atoms with van der Waals surface area (Å²) in [4.78, 5) is 25.2. The molecule has 0 heterocycles. The first kappa shape index (κ1) is 17.4. The molecule has 4 nitrogen and oxygen atoms in total. The standard InChI is InChI=1S/C22H19NO3/c1-13-17(21(25)16-11-7-4-8-12-16)22(26)18(14(2)24)19(20(13)23)15-9-5-3-6-10-15/h3-12,26H,23H2,1-2H3. The van der Waals surface area contributed by atoms with Crippen LogP contribution >= 0.6 is 0 Å². The van der Waals surface area contributed by atoms with Gasteiger partial charge >= 0.3 is 0 Å². The van der Waals surface area contributed by atoms with Crippen LogP contribution in [0.3, 0.4) is 0 Å². The molecule has 0 aliphatic heterocycles. The quantitative estimate of drug-likeness (QED) is 0.418. The molecular weight excluding hydrogens is 326 g/mol. The minimum Gasteiger partial charge on any atom is -0.506 e. The highest BCUT2D eigenvalue weighted by molar-refractivity contribution is 6.17. The van der Waals surface area contributed by atoms with Gasteiger partial charge in [0.2, 0.25) is 0 Å². The van der Waals surface area contributed by atoms with E-state index < -0.39 is 0 Å². The highest BCUT2D eigenvalue weighted by atomic mass is 16.3. The predicted molar refractivity (Wildman–Crippen MR) is 103 cm³/mol. The molecule has 130 valence electrons. The number of phenolic OH excluding ortho intramolecular Hbond substituents is 1. The average Bonchev–Trinajstić information content (AvgIpc) is 2.65. The number of anilines is 1. The Balaban J connectivity index is 2.33. The van der Waals surface area contributed by atoms with Gasteiger partial charge in [0.25, 0.3) is 0 Å². The highest BCUT2D eigenvalue weighted by Crippen LogP contribution is 2.41. The van der Waals surface area contributed by atoms with Crippen molar-refractivity contribution < 1.29 is 14.7 Å². The van der Waals surface area contributed by atoms with Crippen LogP contribution in [-0.2, 0) is 0 Å². The number of Topliss-reactive ketones (excluding diaryl/α,β-unsaturated/α-hetero) is 1. The van der Waals surface area contributed by atoms with E-state index in [1.165, 1.54) is 6.92 Å². The van der Waals surface area contributed by atoms with Gasteiger partial charge in [-0.05, 0) is 25.0 Å². The number of hydrogen-bond donors (Lipinski definition) is 2. The normalized spacial score (nSPS) is 10.5. The largest absolute Gasteiger partial charge is 0.506 e. The SMILES string of the molecule is CC(=O)c1c(O)c(C(=O)c2ccccc2)c(C)c(N)c1-c1ccccc1. The second kappa shape index (κ2) is 6.84. The molecule has 0 saturated heterocycles. The van der Waals surface area contributed by atoms with Crippen LogP contribution in [0.4, 0.5) is 5.69 Å². The van der Waals surface area contributed by atoms with Crippen molar-refractivity contribution in [1.82, 2.24) is 0 Å². The fourth-order valence-corrected chi connectivity index (χ4v) is 3.14. The lowest BCUT2D eigenvalue weighted by atomic mass is 9.86. The smallest absolute Gasteiger partial charge is 0.197 e. The van der Waals surface area contributed by atoms with Crippen LogP contribution in [0.5, 0.6) is 5.75 Å². The summed E-state index contributed by atoms with van der Waals surface area (Å²) in [5.74, 6) is -1.04. The van der Waals surface area contributed by atoms with Gasteiger partial charge in [0.1, 0.15) is 5.75 Å². The van der Waals surface area contributed by atoms with Crippen molar-refractivity contribution in [3.63, 3.8) is 0 Å². The number of phenols is 1. The lowest BCUT2D eigenvalue weighted by molar-refractivity contribution is 0.101. The predicted octanol–water partition coefficient (Wildman–Crippen LogP) is 4.38. The Hall–Kier alpha value is -3.40. The fourth-order valence-electron chi connectivity index (χ4n) is 3.14. The minimum atomic E-state index is -0.366. The van der Waals surface area contributed by atoms with Crippen LogP contribution < -0.4 is 5.73 Å². The molecule has 0 radical (unpaired) electrons. The lowest BCUT2D eigenvalue weighted by Gasteiger charge is -2.19. The van der Waals surface area contributed by atoms with E-state index >= 15 is 0 Å². The third-order valence-corrected chi connectivity index (χ3v) is 4.45. The first-order valence-corrected chi connectivity index (χ1v) is 8.24. The van der Waals surface area contributed by atoms with Crippen LogP contribution in [0, 0.1) is 6.92 Å². The van der Waals surface area contributed by atoms with Crippen molar-refractivity contribution in [2.45, 2.75) is 13.8 Å². The molecule has 3 rings (SSSR count). The molecule has 3 aromatic rings. The van der Waals surface area contributed by atoms with Gasteiger partial charge in [-0.1, -0.05) is 60.7 Å². The van der Waals surface area contributed by atoms with Crippen LogP contribution in [0.1, 0.15) is 38.8 Å². The third kappa shape index (κ3) is 2.86. The molecule has 0 saturated carbocycles. The molecular formula is C22H19NO3. The Kier molecular flexibility index (Phi) is 4.59. The number of hydrogen-bond acceptors (Lipinski definition) is 4. The molecule has 0 spiro atoms. The van der Waals surface area contributed by atoms with E-state index in [-0.39, 0.29) is 28.4 Å². The van der Waals surface area contributed by atoms with Crippen LogP contribution in [0.2, 0.25) is 0 Å². The number of carbonyl (C=O) groups is 2. The van der Waals surface area contributed by atoms with Gasteiger partial charge < -0.3 is 10.8 Å². The monoisotopic (exact) mass is 345 g/mol. The number of benzene rings is 3. The summed E-state index contributed by atoms with van der Waals surface area (Å²) in [6, 6.07) is 17.8. The lowest BCUT2D eigenvalue weighted by Crippen LogP contribution is -2.12. The van der Waals surface area contributed by atoms with Gasteiger partial charge in [0.15, 0.2) is 11.6 Å². The Morgan fingerprint density at radius 1 is 0.885 bits per heavy atom. The Labute approximate surface area is 151 Å². The Morgan fingerprint density at radius 3 is 1.96 bits per heavy atom. The molecule has 0 atom stereocenters. The molecule has 3 aromatic carbocycles. The molecule has 4 heteroatoms. The maximum absolute atomic E-state index is 12.9. The number of nitrogens with two attached hydrogens (primary N) is 1. The molecule has 0 amide bonds. The molecule has 0 bridgehead atoms. The summed E-state index contributed by atoms with van der Waals surface area (Å²) in [5, 5.41) is 10.8. The zero-order valence-corrected chi connectivity index (χ0v) is 14.6. The van der Waals surface area contributed by atoms with Gasteiger partial charge in [-0.2, -0.15) is 0 Å². The summed E-state index contributed by atoms with van der Waals surface area (Å²) >= 11 is 0. The second-order valence-electron chi connectivity index (χ2n) is 6.13. The molecule has 0 aliphatic rings. The molecule has 0 aromatic heterocycles. The topological polar surface area (TPSA) is 80.4 Å². The fraction of sp³-hybridized carbons (Fsp3) is 0.0909. The van der Waals surface area contributed by atoms with E-state index in [0.29, 0.717) is 27.9 Å². The molecule has 3 N–H and O–H groups in total. The summed E-state index contributed by atoms with van der Waals surface area (Å²) < 4.78 is 0. The second-order valence-corrected chi connectivity index (χ2v) is 6.13. The molecule has 0 aliphatic carbocycles. The van der Waals surface area contributed by atoms with E-state index in [1.54, 1.807) is 37.3 Å². The van der Waals surface area contributed by atoms with E-state index in [0.717, 1.165) is 0 Å². The van der Waals surface area contributed by atoms with Crippen molar-refractivity contribution in [2.75, 3.05) is 5.73 Å². The Bertz CT molecular complexity index is 993. The zero-order chi connectivity index (χ0) is 18.8. The van der Waals surface area contributed by atoms with Gasteiger partial charge in [0, 0.05) is 16.8 Å². The number of carbonyl (C=O) groups excluding carboxylic acids is 2. The number of aromatic hydroxyl groups is 1. The summed E-state index contributed by atoms with van der Waals surface area (Å²) in [6.07, 6.45) is 0. The highest BCUT2D eigenvalue weighted by Gasteiger charge is 2.27. The molecule has 26 heavy (non-hydrogen) atoms. The number of nitrogen functional groups attached to an aromatic ring is 1. The van der Waals surface area contributed by atoms with Crippen molar-refractivity contribution in [3.8, 4) is 16.9 Å². The van der Waals surface area contributed by atoms with Crippen LogP contribution in [0.25, 0.3) is 11.1 Å². The van der Waals surface area contributed by atoms with Crippen LogP contribution in [0.15, 0.2) is 60.7 Å². The van der Waals surface area contributed by atoms with Crippen molar-refractivity contribution in [2.24, 2.45) is 0 Å². The minimum absolute atomic E-state index is 0.0681. The third-order valence-electron chi connectivity index (χ3n) is 4.45. The molecule has 0 fully saturated rings.